The molecule has 51 heavy (non-hydrogen) atoms. The Morgan fingerprint density at radius 2 is 1.63 bits per heavy atom. The van der Waals surface area contributed by atoms with Crippen LogP contribution in [0.2, 0.25) is 0 Å². The minimum Gasteiger partial charge on any atom is -0.481 e. The number of aliphatic hydroxyl groups is 1. The van der Waals surface area contributed by atoms with E-state index in [2.05, 4.69) is 5.32 Å². The van der Waals surface area contributed by atoms with Crippen LogP contribution >= 0.6 is 0 Å². The van der Waals surface area contributed by atoms with E-state index in [1.54, 1.807) is 10.8 Å². The number of carboxylic acid groups (broad SMARTS) is 1. The number of hydrogen-bond donors (Lipinski definition) is 4. The van der Waals surface area contributed by atoms with E-state index < -0.39 is 53.5 Å². The van der Waals surface area contributed by atoms with Gasteiger partial charge in [0.15, 0.2) is 0 Å². The van der Waals surface area contributed by atoms with Crippen molar-refractivity contribution in [2.24, 2.45) is 11.1 Å². The van der Waals surface area contributed by atoms with Crippen molar-refractivity contribution >= 4 is 17.8 Å². The summed E-state index contributed by atoms with van der Waals surface area (Å²) in [5, 5.41) is 21.3. The number of halogens is 2. The second-order valence-electron chi connectivity index (χ2n) is 12.9. The van der Waals surface area contributed by atoms with Crippen molar-refractivity contribution in [3.63, 3.8) is 0 Å². The predicted molar refractivity (Wildman–Crippen MR) is 184 cm³/mol. The second-order valence-corrected chi connectivity index (χ2v) is 12.9. The highest BCUT2D eigenvalue weighted by Gasteiger charge is 2.38. The number of rotatable bonds is 22. The first-order valence-electron chi connectivity index (χ1n) is 16.8. The first-order chi connectivity index (χ1) is 24.3. The zero-order valence-corrected chi connectivity index (χ0v) is 29.4. The lowest BCUT2D eigenvalue weighted by molar-refractivity contribution is -0.140. The summed E-state index contributed by atoms with van der Waals surface area (Å²) < 4.78 is 46.9. The van der Waals surface area contributed by atoms with Crippen molar-refractivity contribution in [1.29, 1.82) is 0 Å². The van der Waals surface area contributed by atoms with Gasteiger partial charge in [0, 0.05) is 31.4 Å². The quantitative estimate of drug-likeness (QED) is 0.113. The highest BCUT2D eigenvalue weighted by molar-refractivity contribution is 5.81. The molecule has 5 N–H and O–H groups in total. The number of aliphatic hydroxyl groups excluding tert-OH is 1. The molecule has 0 spiro atoms. The zero-order valence-electron chi connectivity index (χ0n) is 29.4. The molecule has 15 heteroatoms. The Morgan fingerprint density at radius 3 is 2.25 bits per heavy atom. The Bertz CT molecular complexity index is 1550. The molecule has 0 saturated carbocycles. The number of ether oxygens (including phenoxy) is 3. The largest absolute Gasteiger partial charge is 0.481 e. The molecule has 13 nitrogen and oxygen atoms in total. The lowest BCUT2D eigenvalue weighted by atomic mass is 9.84. The van der Waals surface area contributed by atoms with E-state index in [9.17, 15) is 28.3 Å². The molecule has 0 fully saturated rings. The van der Waals surface area contributed by atoms with Crippen molar-refractivity contribution in [2.75, 3.05) is 59.3 Å². The van der Waals surface area contributed by atoms with Gasteiger partial charge in [-0.1, -0.05) is 51.1 Å². The predicted octanol–water partition coefficient (Wildman–Crippen LogP) is 3.14. The smallest absolute Gasteiger partial charge is 0.305 e. The van der Waals surface area contributed by atoms with Crippen LogP contribution in [-0.4, -0.2) is 108 Å². The first kappa shape index (κ1) is 41.1. The molecular formula is C36H49F2N5O8. The van der Waals surface area contributed by atoms with Gasteiger partial charge in [-0.15, -0.1) is 0 Å². The number of amides is 2. The van der Waals surface area contributed by atoms with E-state index >= 15 is 0 Å². The highest BCUT2D eigenvalue weighted by Crippen LogP contribution is 2.39. The van der Waals surface area contributed by atoms with Crippen LogP contribution in [0.4, 0.5) is 8.78 Å². The summed E-state index contributed by atoms with van der Waals surface area (Å²) in [7, 11) is 0. The van der Waals surface area contributed by atoms with Crippen molar-refractivity contribution in [2.45, 2.75) is 52.2 Å². The average Bonchev–Trinajstić information content (AvgIpc) is 3.49. The normalized spacial score (nSPS) is 12.8. The molecule has 0 radical (unpaired) electrons. The number of benzene rings is 2. The van der Waals surface area contributed by atoms with E-state index in [4.69, 9.17) is 30.0 Å². The fourth-order valence-electron chi connectivity index (χ4n) is 5.35. The van der Waals surface area contributed by atoms with Crippen molar-refractivity contribution in [3.05, 3.63) is 77.8 Å². The second kappa shape index (κ2) is 20.5. The van der Waals surface area contributed by atoms with Gasteiger partial charge in [0.1, 0.15) is 24.1 Å². The van der Waals surface area contributed by atoms with Crippen LogP contribution in [-0.2, 0) is 35.1 Å². The van der Waals surface area contributed by atoms with E-state index in [1.165, 1.54) is 4.90 Å². The van der Waals surface area contributed by atoms with E-state index in [1.807, 2.05) is 51.1 Å². The molecule has 2 amide bonds. The van der Waals surface area contributed by atoms with Gasteiger partial charge in [-0.2, -0.15) is 0 Å². The lowest BCUT2D eigenvalue weighted by Crippen LogP contribution is -2.48. The Balaban J connectivity index is 1.67. The van der Waals surface area contributed by atoms with Crippen LogP contribution in [0.3, 0.4) is 0 Å². The van der Waals surface area contributed by atoms with Crippen molar-refractivity contribution < 1.29 is 47.6 Å². The van der Waals surface area contributed by atoms with Gasteiger partial charge in [0.05, 0.1) is 63.8 Å². The van der Waals surface area contributed by atoms with Crippen LogP contribution in [0, 0.1) is 17.0 Å². The summed E-state index contributed by atoms with van der Waals surface area (Å²) in [6, 6.07) is 10.8. The summed E-state index contributed by atoms with van der Waals surface area (Å²) >= 11 is 0. The number of hydrogen-bond acceptors (Lipinski definition) is 9. The van der Waals surface area contributed by atoms with Gasteiger partial charge in [0.2, 0.25) is 11.8 Å². The van der Waals surface area contributed by atoms with Crippen molar-refractivity contribution in [1.82, 2.24) is 19.8 Å². The number of aromatic nitrogens is 2. The number of carbonyl (C=O) groups excluding carboxylic acids is 2. The van der Waals surface area contributed by atoms with Crippen LogP contribution in [0.15, 0.2) is 54.7 Å². The monoisotopic (exact) mass is 717 g/mol. The zero-order chi connectivity index (χ0) is 37.4. The molecule has 0 aliphatic carbocycles. The number of nitrogens with one attached hydrogen (secondary N) is 1. The van der Waals surface area contributed by atoms with Crippen LogP contribution in [0.5, 0.6) is 0 Å². The molecule has 1 aromatic heterocycles. The molecule has 2 atom stereocenters. The van der Waals surface area contributed by atoms with E-state index in [0.717, 1.165) is 23.8 Å². The van der Waals surface area contributed by atoms with E-state index in [-0.39, 0.29) is 63.6 Å². The van der Waals surface area contributed by atoms with Gasteiger partial charge < -0.3 is 44.9 Å². The van der Waals surface area contributed by atoms with Crippen molar-refractivity contribution in [3.8, 4) is 11.3 Å². The molecule has 0 bridgehead atoms. The number of nitrogens with zero attached hydrogens (tertiary/aromatic N) is 3. The molecule has 0 aliphatic rings. The SMILES string of the molecule is CC(C)(C)C(c1nc(-c2cc(F)ccc2F)cn1Cc1ccccc1)N(CCC(N)C(=O)NCCOCCOCCOCCC(=O)O)C(=O)CO. The molecule has 3 aromatic rings. The summed E-state index contributed by atoms with van der Waals surface area (Å²) in [4.78, 5) is 42.8. The maximum absolute atomic E-state index is 14.9. The minimum atomic E-state index is -0.995. The maximum atomic E-state index is 14.9. The number of nitrogens with two attached hydrogens (primary N) is 1. The summed E-state index contributed by atoms with van der Waals surface area (Å²) in [5.41, 5.74) is 6.60. The Hall–Kier alpha value is -4.28. The first-order valence-corrected chi connectivity index (χ1v) is 16.8. The fourth-order valence-corrected chi connectivity index (χ4v) is 5.35. The molecular weight excluding hydrogens is 668 g/mol. The molecule has 2 aromatic carbocycles. The summed E-state index contributed by atoms with van der Waals surface area (Å²) in [6.07, 6.45) is 1.60. The molecule has 2 unspecified atom stereocenters. The summed E-state index contributed by atoms with van der Waals surface area (Å²) in [5.74, 6) is -2.89. The minimum absolute atomic E-state index is 0.00830. The highest BCUT2D eigenvalue weighted by atomic mass is 19.1. The average molecular weight is 718 g/mol. The Labute approximate surface area is 296 Å². The maximum Gasteiger partial charge on any atom is 0.305 e. The third kappa shape index (κ3) is 13.4. The molecule has 3 rings (SSSR count). The van der Waals surface area contributed by atoms with E-state index in [0.29, 0.717) is 25.6 Å². The number of carboxylic acids is 1. The summed E-state index contributed by atoms with van der Waals surface area (Å²) in [6.45, 7) is 6.82. The molecule has 1 heterocycles. The van der Waals surface area contributed by atoms with Gasteiger partial charge in [-0.25, -0.2) is 13.8 Å². The van der Waals surface area contributed by atoms with Crippen LogP contribution in [0.1, 0.15) is 51.0 Å². The molecule has 0 aliphatic heterocycles. The van der Waals surface area contributed by atoms with Gasteiger partial charge in [-0.3, -0.25) is 14.4 Å². The Morgan fingerprint density at radius 1 is 0.980 bits per heavy atom. The van der Waals surface area contributed by atoms with Gasteiger partial charge in [0.25, 0.3) is 0 Å². The number of aliphatic carboxylic acids is 1. The van der Waals surface area contributed by atoms with Gasteiger partial charge >= 0.3 is 5.97 Å². The fraction of sp³-hybridized carbons (Fsp3) is 0.500. The third-order valence-corrected chi connectivity index (χ3v) is 7.81. The topological polar surface area (TPSA) is 178 Å². The number of carbonyl (C=O) groups is 3. The number of imidazole rings is 1. The van der Waals surface area contributed by atoms with Gasteiger partial charge in [-0.05, 0) is 35.6 Å². The van der Waals surface area contributed by atoms with Crippen LogP contribution < -0.4 is 11.1 Å². The Kier molecular flexibility index (Phi) is 16.6. The molecule has 280 valence electrons. The van der Waals surface area contributed by atoms with Crippen LogP contribution in [0.25, 0.3) is 11.3 Å². The molecule has 0 saturated heterocycles. The lowest BCUT2D eigenvalue weighted by Gasteiger charge is -2.40. The standard InChI is InChI=1S/C36H49F2N5O8/c1-36(2,3)33(34-41-30(27-21-26(37)9-10-28(27)38)23-42(34)22-25-7-5-4-6-8-25)43(31(45)24-44)14-11-29(39)35(48)40-13-16-50-18-20-51-19-17-49-15-12-32(46)47/h4-10,21,23,29,33,44H,11-20,22,24,39H2,1-3H3,(H,40,48)(H,46,47). The third-order valence-electron chi connectivity index (χ3n) is 7.81.